The highest BCUT2D eigenvalue weighted by Gasteiger charge is 2.12. The Kier molecular flexibility index (Phi) is 5.62. The molecule has 1 N–H and O–H groups in total. The van der Waals surface area contributed by atoms with Crippen LogP contribution in [0.3, 0.4) is 0 Å². The molecule has 0 radical (unpaired) electrons. The van der Waals surface area contributed by atoms with E-state index in [0.29, 0.717) is 13.0 Å². The molecule has 0 aliphatic heterocycles. The molecule has 4 rings (SSSR count). The summed E-state index contributed by atoms with van der Waals surface area (Å²) in [6.07, 6.45) is 3.16. The van der Waals surface area contributed by atoms with E-state index in [9.17, 15) is 4.79 Å². The SMILES string of the molecule is COc1ccc(-c2cn3c(CC(=O)NCCc4ccc(C)cc4)csc3n2)cc1. The molecule has 29 heavy (non-hydrogen) atoms. The number of amides is 1. The largest absolute Gasteiger partial charge is 0.497 e. The van der Waals surface area contributed by atoms with Crippen molar-refractivity contribution >= 4 is 22.2 Å². The first kappa shape index (κ1) is 19.2. The Bertz CT molecular complexity index is 1110. The van der Waals surface area contributed by atoms with Crippen LogP contribution in [0.4, 0.5) is 0 Å². The fraction of sp³-hybridized carbons (Fsp3) is 0.217. The Morgan fingerprint density at radius 1 is 1.14 bits per heavy atom. The van der Waals surface area contributed by atoms with E-state index < -0.39 is 0 Å². The number of carbonyl (C=O) groups is 1. The summed E-state index contributed by atoms with van der Waals surface area (Å²) >= 11 is 1.55. The predicted molar refractivity (Wildman–Crippen MR) is 117 cm³/mol. The molecule has 0 atom stereocenters. The average molecular weight is 406 g/mol. The van der Waals surface area contributed by atoms with Crippen LogP contribution < -0.4 is 10.1 Å². The number of carbonyl (C=O) groups excluding carboxylic acids is 1. The fourth-order valence-corrected chi connectivity index (χ4v) is 4.06. The molecule has 0 aliphatic rings. The van der Waals surface area contributed by atoms with Crippen LogP contribution >= 0.6 is 11.3 Å². The third kappa shape index (κ3) is 4.49. The summed E-state index contributed by atoms with van der Waals surface area (Å²) in [6.45, 7) is 2.71. The normalized spacial score (nSPS) is 11.0. The van der Waals surface area contributed by atoms with E-state index in [1.807, 2.05) is 40.2 Å². The summed E-state index contributed by atoms with van der Waals surface area (Å²) in [6, 6.07) is 16.2. The number of aromatic nitrogens is 2. The van der Waals surface area contributed by atoms with Crippen molar-refractivity contribution < 1.29 is 9.53 Å². The van der Waals surface area contributed by atoms with Gasteiger partial charge < -0.3 is 10.1 Å². The first-order valence-electron chi connectivity index (χ1n) is 9.54. The number of nitrogens with zero attached hydrogens (tertiary/aromatic N) is 2. The van der Waals surface area contributed by atoms with Gasteiger partial charge in [0.1, 0.15) is 5.75 Å². The van der Waals surface area contributed by atoms with Gasteiger partial charge in [0.15, 0.2) is 4.96 Å². The number of rotatable bonds is 7. The number of thiazole rings is 1. The van der Waals surface area contributed by atoms with Crippen LogP contribution in [0.2, 0.25) is 0 Å². The van der Waals surface area contributed by atoms with E-state index in [0.717, 1.165) is 34.1 Å². The van der Waals surface area contributed by atoms with Gasteiger partial charge in [0, 0.05) is 29.4 Å². The Morgan fingerprint density at radius 3 is 2.62 bits per heavy atom. The van der Waals surface area contributed by atoms with Crippen LogP contribution in [0.25, 0.3) is 16.2 Å². The molecule has 0 unspecified atom stereocenters. The quantitative estimate of drug-likeness (QED) is 0.499. The molecular weight excluding hydrogens is 382 g/mol. The maximum Gasteiger partial charge on any atom is 0.225 e. The van der Waals surface area contributed by atoms with Gasteiger partial charge in [-0.3, -0.25) is 9.20 Å². The smallest absolute Gasteiger partial charge is 0.225 e. The number of nitrogens with one attached hydrogen (secondary N) is 1. The Labute approximate surface area is 174 Å². The van der Waals surface area contributed by atoms with E-state index in [4.69, 9.17) is 4.74 Å². The summed E-state index contributed by atoms with van der Waals surface area (Å²) in [5, 5.41) is 5.02. The lowest BCUT2D eigenvalue weighted by molar-refractivity contribution is -0.120. The zero-order chi connectivity index (χ0) is 20.2. The molecule has 6 heteroatoms. The van der Waals surface area contributed by atoms with Crippen LogP contribution in [-0.4, -0.2) is 28.9 Å². The number of aryl methyl sites for hydroxylation is 1. The van der Waals surface area contributed by atoms with Gasteiger partial charge in [-0.1, -0.05) is 29.8 Å². The molecule has 2 heterocycles. The van der Waals surface area contributed by atoms with Crippen molar-refractivity contribution in [2.45, 2.75) is 19.8 Å². The highest BCUT2D eigenvalue weighted by atomic mass is 32.1. The van der Waals surface area contributed by atoms with Crippen molar-refractivity contribution in [1.29, 1.82) is 0 Å². The maximum atomic E-state index is 12.4. The predicted octanol–water partition coefficient (Wildman–Crippen LogP) is 4.28. The summed E-state index contributed by atoms with van der Waals surface area (Å²) in [5.74, 6) is 0.842. The van der Waals surface area contributed by atoms with Crippen LogP contribution in [0.1, 0.15) is 16.8 Å². The first-order valence-corrected chi connectivity index (χ1v) is 10.4. The van der Waals surface area contributed by atoms with Gasteiger partial charge in [-0.25, -0.2) is 4.98 Å². The lowest BCUT2D eigenvalue weighted by Gasteiger charge is -2.05. The van der Waals surface area contributed by atoms with Crippen molar-refractivity contribution in [3.63, 3.8) is 0 Å². The van der Waals surface area contributed by atoms with E-state index in [1.165, 1.54) is 11.1 Å². The van der Waals surface area contributed by atoms with Crippen molar-refractivity contribution in [1.82, 2.24) is 14.7 Å². The van der Waals surface area contributed by atoms with Crippen LogP contribution in [0.5, 0.6) is 5.75 Å². The molecule has 0 bridgehead atoms. The molecule has 0 saturated heterocycles. The number of ether oxygens (including phenoxy) is 1. The number of methoxy groups -OCH3 is 1. The molecule has 148 valence electrons. The van der Waals surface area contributed by atoms with Crippen LogP contribution in [-0.2, 0) is 17.6 Å². The molecule has 2 aromatic carbocycles. The minimum Gasteiger partial charge on any atom is -0.497 e. The Hall–Kier alpha value is -3.12. The third-order valence-electron chi connectivity index (χ3n) is 4.87. The van der Waals surface area contributed by atoms with Gasteiger partial charge in [-0.2, -0.15) is 0 Å². The topological polar surface area (TPSA) is 55.6 Å². The molecule has 0 fully saturated rings. The summed E-state index contributed by atoms with van der Waals surface area (Å²) in [5.41, 5.74) is 5.34. The third-order valence-corrected chi connectivity index (χ3v) is 5.76. The molecule has 5 nitrogen and oxygen atoms in total. The van der Waals surface area contributed by atoms with E-state index in [2.05, 4.69) is 41.5 Å². The number of benzene rings is 2. The van der Waals surface area contributed by atoms with Gasteiger partial charge in [-0.15, -0.1) is 11.3 Å². The fourth-order valence-electron chi connectivity index (χ4n) is 3.19. The second-order valence-corrected chi connectivity index (χ2v) is 7.83. The molecule has 0 aliphatic carbocycles. The minimum absolute atomic E-state index is 0.0245. The van der Waals surface area contributed by atoms with Crippen molar-refractivity contribution in [2.75, 3.05) is 13.7 Å². The summed E-state index contributed by atoms with van der Waals surface area (Å²) in [4.78, 5) is 18.0. The standard InChI is InChI=1S/C23H23N3O2S/c1-16-3-5-17(6-4-16)11-12-24-22(27)13-19-15-29-23-25-21(14-26(19)23)18-7-9-20(28-2)10-8-18/h3-10,14-15H,11-13H2,1-2H3,(H,24,27). The molecule has 1 amide bonds. The van der Waals surface area contributed by atoms with Crippen molar-refractivity contribution in [2.24, 2.45) is 0 Å². The zero-order valence-electron chi connectivity index (χ0n) is 16.5. The van der Waals surface area contributed by atoms with Crippen LogP contribution in [0.15, 0.2) is 60.1 Å². The highest BCUT2D eigenvalue weighted by Crippen LogP contribution is 2.25. The monoisotopic (exact) mass is 405 g/mol. The minimum atomic E-state index is 0.0245. The summed E-state index contributed by atoms with van der Waals surface area (Å²) < 4.78 is 7.21. The molecule has 2 aromatic heterocycles. The van der Waals surface area contributed by atoms with Gasteiger partial charge in [0.2, 0.25) is 5.91 Å². The average Bonchev–Trinajstić information content (AvgIpc) is 3.32. The van der Waals surface area contributed by atoms with E-state index >= 15 is 0 Å². The number of hydrogen-bond donors (Lipinski definition) is 1. The lowest BCUT2D eigenvalue weighted by Crippen LogP contribution is -2.27. The van der Waals surface area contributed by atoms with Gasteiger partial charge in [0.05, 0.1) is 19.2 Å². The number of hydrogen-bond acceptors (Lipinski definition) is 4. The highest BCUT2D eigenvalue weighted by molar-refractivity contribution is 7.15. The van der Waals surface area contributed by atoms with Crippen molar-refractivity contribution in [3.8, 4) is 17.0 Å². The number of imidazole rings is 1. The first-order chi connectivity index (χ1) is 14.1. The van der Waals surface area contributed by atoms with Crippen molar-refractivity contribution in [3.05, 3.63) is 76.9 Å². The Morgan fingerprint density at radius 2 is 1.90 bits per heavy atom. The molecule has 4 aromatic rings. The zero-order valence-corrected chi connectivity index (χ0v) is 17.3. The molecular formula is C23H23N3O2S. The van der Waals surface area contributed by atoms with Gasteiger partial charge in [0.25, 0.3) is 0 Å². The maximum absolute atomic E-state index is 12.4. The van der Waals surface area contributed by atoms with Crippen LogP contribution in [0, 0.1) is 6.92 Å². The molecule has 0 saturated carbocycles. The van der Waals surface area contributed by atoms with E-state index in [-0.39, 0.29) is 5.91 Å². The lowest BCUT2D eigenvalue weighted by atomic mass is 10.1. The van der Waals surface area contributed by atoms with Gasteiger partial charge >= 0.3 is 0 Å². The second kappa shape index (κ2) is 8.49. The summed E-state index contributed by atoms with van der Waals surface area (Å²) in [7, 11) is 1.65. The van der Waals surface area contributed by atoms with Gasteiger partial charge in [-0.05, 0) is 43.2 Å². The number of fused-ring (bicyclic) bond motifs is 1. The molecule has 0 spiro atoms. The Balaban J connectivity index is 1.39. The van der Waals surface area contributed by atoms with E-state index in [1.54, 1.807) is 18.4 Å². The second-order valence-electron chi connectivity index (χ2n) is 7.00.